The van der Waals surface area contributed by atoms with E-state index < -0.39 is 0 Å². The summed E-state index contributed by atoms with van der Waals surface area (Å²) in [5.41, 5.74) is 4.06. The van der Waals surface area contributed by atoms with Gasteiger partial charge in [0.25, 0.3) is 0 Å². The topological polar surface area (TPSA) is 0 Å². The first-order valence-corrected chi connectivity index (χ1v) is 3.23. The number of rotatable bonds is 0. The van der Waals surface area contributed by atoms with Gasteiger partial charge in [-0.1, -0.05) is 34.9 Å². The summed E-state index contributed by atoms with van der Waals surface area (Å²) in [6.07, 6.45) is 0. The van der Waals surface area contributed by atoms with E-state index in [9.17, 15) is 0 Å². The van der Waals surface area contributed by atoms with Gasteiger partial charge in [0.05, 0.1) is 0 Å². The Hall–Kier alpha value is -0.0397. The Morgan fingerprint density at radius 2 is 0.900 bits per heavy atom. The summed E-state index contributed by atoms with van der Waals surface area (Å²) in [5.74, 6) is 0. The van der Waals surface area contributed by atoms with Gasteiger partial charge in [-0.25, -0.2) is 0 Å². The molecule has 0 amide bonds. The summed E-state index contributed by atoms with van der Waals surface area (Å²) in [7, 11) is 0. The van der Waals surface area contributed by atoms with Crippen molar-refractivity contribution in [2.45, 2.75) is 20.8 Å². The summed E-state index contributed by atoms with van der Waals surface area (Å²) in [4.78, 5) is 0. The molecule has 0 spiro atoms. The van der Waals surface area contributed by atoms with Crippen LogP contribution in [0.15, 0.2) is 18.2 Å². The Balaban J connectivity index is 0.000000810. The zero-order valence-corrected chi connectivity index (χ0v) is 8.02. The second-order valence-corrected chi connectivity index (χ2v) is 2.67. The van der Waals surface area contributed by atoms with Crippen molar-refractivity contribution in [3.8, 4) is 0 Å². The fourth-order valence-corrected chi connectivity index (χ4v) is 1.20. The second kappa shape index (κ2) is 3.97. The van der Waals surface area contributed by atoms with Crippen LogP contribution in [0.3, 0.4) is 0 Å². The molecule has 58 valence electrons. The molecule has 0 heterocycles. The zero-order chi connectivity index (χ0) is 6.85. The van der Waals surface area contributed by atoms with Crippen LogP contribution in [-0.4, -0.2) is 0 Å². The van der Waals surface area contributed by atoms with Gasteiger partial charge in [0.2, 0.25) is 0 Å². The number of hydrogen-bond donors (Lipinski definition) is 0. The van der Waals surface area contributed by atoms with Crippen molar-refractivity contribution < 1.29 is 22.4 Å². The average molecular weight is 228 g/mol. The average Bonchev–Trinajstić information content (AvgIpc) is 1.59. The normalized spacial score (nSPS) is 8.70. The third-order valence-corrected chi connectivity index (χ3v) is 1.37. The molecule has 0 atom stereocenters. The molecule has 0 N–H and O–H groups in total. The van der Waals surface area contributed by atoms with E-state index in [0.717, 1.165) is 0 Å². The van der Waals surface area contributed by atoms with Crippen molar-refractivity contribution in [1.82, 2.24) is 0 Å². The van der Waals surface area contributed by atoms with Crippen LogP contribution in [0.25, 0.3) is 0 Å². The van der Waals surface area contributed by atoms with Crippen LogP contribution in [0, 0.1) is 20.8 Å². The van der Waals surface area contributed by atoms with Crippen molar-refractivity contribution in [2.75, 3.05) is 0 Å². The van der Waals surface area contributed by atoms with Crippen molar-refractivity contribution in [2.24, 2.45) is 0 Å². The number of benzene rings is 1. The largest absolute Gasteiger partial charge is 1.00 e. The van der Waals surface area contributed by atoms with Crippen LogP contribution in [0.1, 0.15) is 16.7 Å². The minimum Gasteiger partial charge on any atom is -0.0564 e. The van der Waals surface area contributed by atoms with Gasteiger partial charge in [0.15, 0.2) is 0 Å². The van der Waals surface area contributed by atoms with Crippen LogP contribution in [0.5, 0.6) is 0 Å². The van der Waals surface area contributed by atoms with Crippen molar-refractivity contribution >= 4 is 0 Å². The molecule has 0 bridgehead atoms. The van der Waals surface area contributed by atoms with Crippen LogP contribution in [-0.2, 0) is 22.4 Å². The molecule has 0 radical (unpaired) electrons. The zero-order valence-electron chi connectivity index (χ0n) is 6.53. The van der Waals surface area contributed by atoms with Gasteiger partial charge < -0.3 is 0 Å². The van der Waals surface area contributed by atoms with Gasteiger partial charge in [-0.3, -0.25) is 0 Å². The standard InChI is InChI=1S/C9H12.Ag/c1-7-4-8(2)6-9(3)5-7;/h4-6H,1-3H3;/q;+1. The van der Waals surface area contributed by atoms with E-state index >= 15 is 0 Å². The van der Waals surface area contributed by atoms with Crippen molar-refractivity contribution in [1.29, 1.82) is 0 Å². The molecule has 0 saturated heterocycles. The van der Waals surface area contributed by atoms with E-state index in [1.165, 1.54) is 16.7 Å². The molecule has 0 fully saturated rings. The SMILES string of the molecule is Cc1cc(C)cc(C)c1.[Ag+]. The molecule has 0 unspecified atom stereocenters. The first-order chi connectivity index (χ1) is 4.18. The predicted octanol–water partition coefficient (Wildman–Crippen LogP) is 2.61. The summed E-state index contributed by atoms with van der Waals surface area (Å²) in [5, 5.41) is 0. The Morgan fingerprint density at radius 1 is 0.700 bits per heavy atom. The van der Waals surface area contributed by atoms with Gasteiger partial charge in [-0.2, -0.15) is 0 Å². The maximum absolute atomic E-state index is 2.19. The van der Waals surface area contributed by atoms with Crippen LogP contribution >= 0.6 is 0 Å². The van der Waals surface area contributed by atoms with E-state index in [-0.39, 0.29) is 22.4 Å². The molecule has 0 aromatic heterocycles. The molecule has 1 rings (SSSR count). The van der Waals surface area contributed by atoms with Gasteiger partial charge >= 0.3 is 22.4 Å². The van der Waals surface area contributed by atoms with Gasteiger partial charge in [0.1, 0.15) is 0 Å². The Morgan fingerprint density at radius 3 is 1.10 bits per heavy atom. The monoisotopic (exact) mass is 227 g/mol. The Kier molecular flexibility index (Phi) is 3.95. The van der Waals surface area contributed by atoms with Crippen LogP contribution < -0.4 is 0 Å². The third-order valence-electron chi connectivity index (χ3n) is 1.37. The summed E-state index contributed by atoms with van der Waals surface area (Å²) in [6, 6.07) is 6.56. The molecule has 1 heteroatoms. The maximum atomic E-state index is 2.19. The third kappa shape index (κ3) is 2.70. The predicted molar refractivity (Wildman–Crippen MR) is 40.7 cm³/mol. The van der Waals surface area contributed by atoms with Crippen molar-refractivity contribution in [3.63, 3.8) is 0 Å². The van der Waals surface area contributed by atoms with E-state index in [4.69, 9.17) is 0 Å². The molecular weight excluding hydrogens is 216 g/mol. The van der Waals surface area contributed by atoms with Gasteiger partial charge in [0, 0.05) is 0 Å². The Labute approximate surface area is 78.2 Å². The molecule has 10 heavy (non-hydrogen) atoms. The fraction of sp³-hybridized carbons (Fsp3) is 0.333. The number of hydrogen-bond acceptors (Lipinski definition) is 0. The number of aryl methyl sites for hydroxylation is 3. The van der Waals surface area contributed by atoms with Gasteiger partial charge in [-0.15, -0.1) is 0 Å². The minimum absolute atomic E-state index is 0. The molecule has 1 aromatic rings. The van der Waals surface area contributed by atoms with E-state index in [0.29, 0.717) is 0 Å². The summed E-state index contributed by atoms with van der Waals surface area (Å²) in [6.45, 7) is 6.38. The van der Waals surface area contributed by atoms with E-state index in [1.54, 1.807) is 0 Å². The molecule has 0 nitrogen and oxygen atoms in total. The molecular formula is C9H12Ag+. The smallest absolute Gasteiger partial charge is 0.0564 e. The van der Waals surface area contributed by atoms with Crippen LogP contribution in [0.4, 0.5) is 0 Å². The maximum Gasteiger partial charge on any atom is 1.00 e. The van der Waals surface area contributed by atoms with Crippen LogP contribution in [0.2, 0.25) is 0 Å². The molecule has 0 aliphatic heterocycles. The molecule has 0 saturated carbocycles. The molecule has 0 aliphatic rings. The minimum atomic E-state index is 0. The summed E-state index contributed by atoms with van der Waals surface area (Å²) >= 11 is 0. The first-order valence-electron chi connectivity index (χ1n) is 3.23. The quantitative estimate of drug-likeness (QED) is 0.598. The van der Waals surface area contributed by atoms with E-state index in [2.05, 4.69) is 39.0 Å². The Bertz CT molecular complexity index is 165. The molecule has 0 aliphatic carbocycles. The van der Waals surface area contributed by atoms with Gasteiger partial charge in [-0.05, 0) is 20.8 Å². The summed E-state index contributed by atoms with van der Waals surface area (Å²) < 4.78 is 0. The molecule has 1 aromatic carbocycles. The van der Waals surface area contributed by atoms with Crippen molar-refractivity contribution in [3.05, 3.63) is 34.9 Å². The first kappa shape index (κ1) is 9.96. The fourth-order valence-electron chi connectivity index (χ4n) is 1.20. The van der Waals surface area contributed by atoms with E-state index in [1.807, 2.05) is 0 Å². The second-order valence-electron chi connectivity index (χ2n) is 2.67.